The lowest BCUT2D eigenvalue weighted by Crippen LogP contribution is -2.19. The molecule has 0 aliphatic rings. The number of aromatic amines is 1. The third-order valence-electron chi connectivity index (χ3n) is 4.28. The molecule has 7 nitrogen and oxygen atoms in total. The molecular weight excluding hydrogens is 318 g/mol. The minimum atomic E-state index is -0.256. The van der Waals surface area contributed by atoms with Crippen LogP contribution in [0.2, 0.25) is 0 Å². The van der Waals surface area contributed by atoms with E-state index in [4.69, 9.17) is 0 Å². The fourth-order valence-electron chi connectivity index (χ4n) is 3.06. The molecule has 0 saturated carbocycles. The third-order valence-corrected chi connectivity index (χ3v) is 4.28. The van der Waals surface area contributed by atoms with Crippen LogP contribution in [0.15, 0.2) is 29.1 Å². The molecule has 1 amide bonds. The predicted molar refractivity (Wildman–Crippen MR) is 96.7 cm³/mol. The number of nitrogens with zero attached hydrogens (tertiary/aromatic N) is 3. The maximum absolute atomic E-state index is 12.6. The van der Waals surface area contributed by atoms with Crippen LogP contribution in [0.3, 0.4) is 0 Å². The first-order chi connectivity index (χ1) is 12.0. The SMILES string of the molecule is CCc1nn(C)c(CC)c1NC(=O)Cc1n[nH]c(=O)c2ccccc12. The number of amides is 1. The Balaban J connectivity index is 1.90. The van der Waals surface area contributed by atoms with Crippen LogP contribution < -0.4 is 10.9 Å². The summed E-state index contributed by atoms with van der Waals surface area (Å²) < 4.78 is 1.81. The van der Waals surface area contributed by atoms with Crippen molar-refractivity contribution in [2.75, 3.05) is 5.32 Å². The Morgan fingerprint density at radius 3 is 2.56 bits per heavy atom. The lowest BCUT2D eigenvalue weighted by molar-refractivity contribution is -0.115. The van der Waals surface area contributed by atoms with E-state index in [9.17, 15) is 9.59 Å². The van der Waals surface area contributed by atoms with Crippen molar-refractivity contribution in [2.45, 2.75) is 33.1 Å². The average Bonchev–Trinajstić information content (AvgIpc) is 2.92. The van der Waals surface area contributed by atoms with Gasteiger partial charge >= 0.3 is 0 Å². The van der Waals surface area contributed by atoms with Crippen LogP contribution in [0, 0.1) is 0 Å². The minimum Gasteiger partial charge on any atom is -0.323 e. The zero-order valence-electron chi connectivity index (χ0n) is 14.6. The first-order valence-corrected chi connectivity index (χ1v) is 8.36. The van der Waals surface area contributed by atoms with Crippen LogP contribution in [0.1, 0.15) is 30.9 Å². The molecule has 3 aromatic rings. The van der Waals surface area contributed by atoms with Crippen molar-refractivity contribution in [1.29, 1.82) is 0 Å². The van der Waals surface area contributed by atoms with Crippen molar-refractivity contribution in [3.8, 4) is 0 Å². The van der Waals surface area contributed by atoms with Crippen LogP contribution >= 0.6 is 0 Å². The van der Waals surface area contributed by atoms with E-state index in [0.717, 1.165) is 29.9 Å². The lowest BCUT2D eigenvalue weighted by atomic mass is 10.1. The number of aryl methyl sites for hydroxylation is 2. The van der Waals surface area contributed by atoms with E-state index in [1.165, 1.54) is 0 Å². The van der Waals surface area contributed by atoms with Gasteiger partial charge in [-0.05, 0) is 18.9 Å². The predicted octanol–water partition coefficient (Wildman–Crippen LogP) is 1.96. The molecule has 130 valence electrons. The molecule has 0 fully saturated rings. The summed E-state index contributed by atoms with van der Waals surface area (Å²) >= 11 is 0. The van der Waals surface area contributed by atoms with Gasteiger partial charge in [0.15, 0.2) is 0 Å². The van der Waals surface area contributed by atoms with E-state index in [1.807, 2.05) is 31.6 Å². The zero-order chi connectivity index (χ0) is 18.0. The molecule has 0 aliphatic heterocycles. The van der Waals surface area contributed by atoms with Crippen LogP contribution in [0.25, 0.3) is 10.8 Å². The second-order valence-corrected chi connectivity index (χ2v) is 5.87. The maximum atomic E-state index is 12.6. The molecule has 0 saturated heterocycles. The van der Waals surface area contributed by atoms with Gasteiger partial charge in [-0.1, -0.05) is 32.0 Å². The molecule has 0 bridgehead atoms. The quantitative estimate of drug-likeness (QED) is 0.743. The highest BCUT2D eigenvalue weighted by Gasteiger charge is 2.17. The maximum Gasteiger partial charge on any atom is 0.272 e. The van der Waals surface area contributed by atoms with Gasteiger partial charge in [0, 0.05) is 12.4 Å². The number of benzene rings is 1. The number of H-pyrrole nitrogens is 1. The normalized spacial score (nSPS) is 11.0. The molecule has 25 heavy (non-hydrogen) atoms. The standard InChI is InChI=1S/C18H21N5O2/c1-4-13-17(15(5-2)23(3)22-13)19-16(24)10-14-11-8-6-7-9-12(11)18(25)21-20-14/h6-9H,4-5,10H2,1-3H3,(H,19,24)(H,21,25). The van der Waals surface area contributed by atoms with Gasteiger partial charge in [-0.3, -0.25) is 14.3 Å². The summed E-state index contributed by atoms with van der Waals surface area (Å²) in [5.74, 6) is -0.179. The zero-order valence-corrected chi connectivity index (χ0v) is 14.6. The van der Waals surface area contributed by atoms with E-state index in [-0.39, 0.29) is 17.9 Å². The fourth-order valence-corrected chi connectivity index (χ4v) is 3.06. The van der Waals surface area contributed by atoms with Gasteiger partial charge in [0.1, 0.15) is 0 Å². The first kappa shape index (κ1) is 16.9. The molecule has 7 heteroatoms. The number of aromatic nitrogens is 4. The van der Waals surface area contributed by atoms with Crippen molar-refractivity contribution < 1.29 is 4.79 Å². The van der Waals surface area contributed by atoms with E-state index in [0.29, 0.717) is 16.5 Å². The molecule has 0 unspecified atom stereocenters. The number of hydrogen-bond donors (Lipinski definition) is 2. The van der Waals surface area contributed by atoms with E-state index in [1.54, 1.807) is 18.2 Å². The number of hydrogen-bond acceptors (Lipinski definition) is 4. The monoisotopic (exact) mass is 339 g/mol. The van der Waals surface area contributed by atoms with E-state index in [2.05, 4.69) is 20.6 Å². The number of carbonyl (C=O) groups is 1. The average molecular weight is 339 g/mol. The fraction of sp³-hybridized carbons (Fsp3) is 0.333. The Bertz CT molecular complexity index is 987. The van der Waals surface area contributed by atoms with Crippen molar-refractivity contribution in [3.63, 3.8) is 0 Å². The Kier molecular flexibility index (Phi) is 4.65. The second kappa shape index (κ2) is 6.88. The number of anilines is 1. The van der Waals surface area contributed by atoms with Crippen LogP contribution in [-0.2, 0) is 31.1 Å². The summed E-state index contributed by atoms with van der Waals surface area (Å²) in [4.78, 5) is 24.4. The molecule has 2 heterocycles. The van der Waals surface area contributed by atoms with Gasteiger partial charge in [-0.2, -0.15) is 10.2 Å². The molecule has 0 radical (unpaired) electrons. The largest absolute Gasteiger partial charge is 0.323 e. The molecule has 1 aromatic carbocycles. The summed E-state index contributed by atoms with van der Waals surface area (Å²) in [7, 11) is 1.88. The van der Waals surface area contributed by atoms with Crippen LogP contribution in [0.4, 0.5) is 5.69 Å². The van der Waals surface area contributed by atoms with Gasteiger partial charge in [0.05, 0.1) is 34.6 Å². The highest BCUT2D eigenvalue weighted by Crippen LogP contribution is 2.22. The summed E-state index contributed by atoms with van der Waals surface area (Å²) in [6.07, 6.45) is 1.60. The molecule has 3 rings (SSSR count). The summed E-state index contributed by atoms with van der Waals surface area (Å²) in [5.41, 5.74) is 2.93. The third kappa shape index (κ3) is 3.17. The van der Waals surface area contributed by atoms with Crippen molar-refractivity contribution in [1.82, 2.24) is 20.0 Å². The molecule has 2 N–H and O–H groups in total. The van der Waals surface area contributed by atoms with E-state index < -0.39 is 0 Å². The van der Waals surface area contributed by atoms with Gasteiger partial charge in [0.2, 0.25) is 5.91 Å². The highest BCUT2D eigenvalue weighted by atomic mass is 16.1. The van der Waals surface area contributed by atoms with Crippen LogP contribution in [-0.4, -0.2) is 25.9 Å². The molecule has 2 aromatic heterocycles. The summed E-state index contributed by atoms with van der Waals surface area (Å²) in [5, 5.41) is 15.2. The van der Waals surface area contributed by atoms with Crippen molar-refractivity contribution >= 4 is 22.4 Å². The Morgan fingerprint density at radius 1 is 1.16 bits per heavy atom. The highest BCUT2D eigenvalue weighted by molar-refractivity contribution is 5.96. The van der Waals surface area contributed by atoms with Gasteiger partial charge in [-0.15, -0.1) is 0 Å². The molecule has 0 aliphatic carbocycles. The molecular formula is C18H21N5O2. The smallest absolute Gasteiger partial charge is 0.272 e. The summed E-state index contributed by atoms with van der Waals surface area (Å²) in [6, 6.07) is 7.15. The Labute approximate surface area is 145 Å². The minimum absolute atomic E-state index is 0.0818. The van der Waals surface area contributed by atoms with Gasteiger partial charge in [0.25, 0.3) is 5.56 Å². The summed E-state index contributed by atoms with van der Waals surface area (Å²) in [6.45, 7) is 4.04. The number of nitrogens with one attached hydrogen (secondary N) is 2. The van der Waals surface area contributed by atoms with Crippen molar-refractivity contribution in [2.24, 2.45) is 7.05 Å². The number of carbonyl (C=O) groups excluding carboxylic acids is 1. The second-order valence-electron chi connectivity index (χ2n) is 5.87. The molecule has 0 atom stereocenters. The molecule has 0 spiro atoms. The topological polar surface area (TPSA) is 92.7 Å². The van der Waals surface area contributed by atoms with E-state index >= 15 is 0 Å². The van der Waals surface area contributed by atoms with Crippen LogP contribution in [0.5, 0.6) is 0 Å². The van der Waals surface area contributed by atoms with Crippen molar-refractivity contribution in [3.05, 3.63) is 51.7 Å². The van der Waals surface area contributed by atoms with Gasteiger partial charge < -0.3 is 5.32 Å². The first-order valence-electron chi connectivity index (χ1n) is 8.36. The Hall–Kier alpha value is -2.96. The number of rotatable bonds is 5. The van der Waals surface area contributed by atoms with Gasteiger partial charge in [-0.25, -0.2) is 5.10 Å². The Morgan fingerprint density at radius 2 is 1.88 bits per heavy atom. The lowest BCUT2D eigenvalue weighted by Gasteiger charge is -2.08. The number of fused-ring (bicyclic) bond motifs is 1.